The second-order valence-electron chi connectivity index (χ2n) is 5.37. The largest absolute Gasteiger partial charge is 0.480 e. The Balaban J connectivity index is 2.00. The van der Waals surface area contributed by atoms with Crippen LogP contribution in [0, 0.1) is 0 Å². The van der Waals surface area contributed by atoms with Crippen molar-refractivity contribution in [1.29, 1.82) is 0 Å². The molecule has 0 bridgehead atoms. The molecule has 22 heavy (non-hydrogen) atoms. The van der Waals surface area contributed by atoms with E-state index in [9.17, 15) is 0 Å². The Morgan fingerprint density at radius 1 is 1.18 bits per heavy atom. The van der Waals surface area contributed by atoms with Gasteiger partial charge in [0.05, 0.1) is 11.4 Å². The molecule has 1 aliphatic rings. The van der Waals surface area contributed by atoms with E-state index in [2.05, 4.69) is 25.2 Å². The van der Waals surface area contributed by atoms with E-state index in [0.717, 1.165) is 35.8 Å². The maximum Gasteiger partial charge on any atom is 0.156 e. The van der Waals surface area contributed by atoms with Crippen molar-refractivity contribution in [2.45, 2.75) is 32.8 Å². The molecule has 1 unspecified atom stereocenters. The van der Waals surface area contributed by atoms with Crippen molar-refractivity contribution in [3.8, 4) is 5.75 Å². The number of para-hydroxylation sites is 1. The van der Waals surface area contributed by atoms with E-state index >= 15 is 0 Å². The molecule has 0 amide bonds. The van der Waals surface area contributed by atoms with Crippen molar-refractivity contribution < 1.29 is 4.74 Å². The lowest BCUT2D eigenvalue weighted by atomic mass is 10.1. The van der Waals surface area contributed by atoms with Crippen LogP contribution in [0.25, 0.3) is 0 Å². The fraction of sp³-hybridized carbons (Fsp3) is 0.278. The van der Waals surface area contributed by atoms with Gasteiger partial charge in [-0.05, 0) is 42.7 Å². The van der Waals surface area contributed by atoms with Crippen LogP contribution in [-0.2, 0) is 6.42 Å². The standard InChI is InChI=1S/C18H21N3O/c1-3-12-7-5-6-8-14(12)20-18-16(4-2)22-17-10-9-13(19)11-15(17)21-18/h5-11,16H,3-4,19H2,1-2H3,(H,20,21). The van der Waals surface area contributed by atoms with Crippen LogP contribution in [0.2, 0.25) is 0 Å². The van der Waals surface area contributed by atoms with Gasteiger partial charge in [-0.15, -0.1) is 0 Å². The zero-order valence-corrected chi connectivity index (χ0v) is 13.0. The van der Waals surface area contributed by atoms with Crippen molar-refractivity contribution >= 4 is 22.9 Å². The number of aryl methyl sites for hydroxylation is 1. The molecule has 3 rings (SSSR count). The molecule has 4 heteroatoms. The summed E-state index contributed by atoms with van der Waals surface area (Å²) in [6.07, 6.45) is 1.74. The lowest BCUT2D eigenvalue weighted by molar-refractivity contribution is 0.259. The van der Waals surface area contributed by atoms with Crippen LogP contribution in [0.3, 0.4) is 0 Å². The Hall–Kier alpha value is -2.49. The smallest absolute Gasteiger partial charge is 0.156 e. The topological polar surface area (TPSA) is 59.6 Å². The van der Waals surface area contributed by atoms with Gasteiger partial charge in [-0.2, -0.15) is 0 Å². The highest BCUT2D eigenvalue weighted by Gasteiger charge is 2.24. The molecule has 0 saturated heterocycles. The highest BCUT2D eigenvalue weighted by atomic mass is 16.5. The monoisotopic (exact) mass is 295 g/mol. The number of nitrogens with one attached hydrogen (secondary N) is 1. The molecular weight excluding hydrogens is 274 g/mol. The van der Waals surface area contributed by atoms with Crippen LogP contribution in [-0.4, -0.2) is 11.9 Å². The molecule has 0 fully saturated rings. The van der Waals surface area contributed by atoms with Crippen LogP contribution in [0.4, 0.5) is 17.1 Å². The summed E-state index contributed by atoms with van der Waals surface area (Å²) in [5, 5.41) is 3.38. The molecule has 4 nitrogen and oxygen atoms in total. The van der Waals surface area contributed by atoms with Crippen molar-refractivity contribution in [2.24, 2.45) is 4.99 Å². The Kier molecular flexibility index (Phi) is 4.00. The Labute approximate surface area is 131 Å². The number of aliphatic imine (C=N–C) groups is 1. The number of hydrogen-bond donors (Lipinski definition) is 2. The highest BCUT2D eigenvalue weighted by molar-refractivity contribution is 6.03. The first-order valence-electron chi connectivity index (χ1n) is 7.71. The van der Waals surface area contributed by atoms with Gasteiger partial charge in [0.25, 0.3) is 0 Å². The zero-order chi connectivity index (χ0) is 15.5. The number of benzene rings is 2. The second-order valence-corrected chi connectivity index (χ2v) is 5.37. The third-order valence-electron chi connectivity index (χ3n) is 3.82. The fourth-order valence-corrected chi connectivity index (χ4v) is 2.60. The van der Waals surface area contributed by atoms with E-state index < -0.39 is 0 Å². The molecule has 2 aromatic rings. The second kappa shape index (κ2) is 6.10. The minimum Gasteiger partial charge on any atom is -0.480 e. The average molecular weight is 295 g/mol. The first kappa shape index (κ1) is 14.4. The number of amidine groups is 1. The summed E-state index contributed by atoms with van der Waals surface area (Å²) in [7, 11) is 0. The molecule has 0 spiro atoms. The van der Waals surface area contributed by atoms with Gasteiger partial charge in [-0.3, -0.25) is 0 Å². The van der Waals surface area contributed by atoms with Crippen molar-refractivity contribution in [3.63, 3.8) is 0 Å². The minimum absolute atomic E-state index is 0.0685. The van der Waals surface area contributed by atoms with Gasteiger partial charge in [0, 0.05) is 5.69 Å². The SMILES string of the molecule is CCc1ccccc1N=C1Nc2cc(N)ccc2OC1CC. The summed E-state index contributed by atoms with van der Waals surface area (Å²) in [6, 6.07) is 13.8. The van der Waals surface area contributed by atoms with Gasteiger partial charge in [0.1, 0.15) is 11.6 Å². The molecule has 114 valence electrons. The van der Waals surface area contributed by atoms with Gasteiger partial charge in [0.2, 0.25) is 0 Å². The molecule has 1 aliphatic heterocycles. The van der Waals surface area contributed by atoms with Gasteiger partial charge in [-0.25, -0.2) is 4.99 Å². The fourth-order valence-electron chi connectivity index (χ4n) is 2.60. The number of nitrogen functional groups attached to an aromatic ring is 1. The van der Waals surface area contributed by atoms with Gasteiger partial charge >= 0.3 is 0 Å². The molecule has 0 saturated carbocycles. The molecule has 0 aromatic heterocycles. The Bertz CT molecular complexity index is 709. The minimum atomic E-state index is -0.0685. The van der Waals surface area contributed by atoms with Gasteiger partial charge in [-0.1, -0.05) is 32.0 Å². The van der Waals surface area contributed by atoms with Crippen molar-refractivity contribution in [3.05, 3.63) is 48.0 Å². The zero-order valence-electron chi connectivity index (χ0n) is 13.0. The summed E-state index contributed by atoms with van der Waals surface area (Å²) in [5.41, 5.74) is 9.65. The first-order valence-corrected chi connectivity index (χ1v) is 7.71. The maximum absolute atomic E-state index is 6.05. The Morgan fingerprint density at radius 2 is 2.00 bits per heavy atom. The van der Waals surface area contributed by atoms with Crippen molar-refractivity contribution in [1.82, 2.24) is 0 Å². The third-order valence-corrected chi connectivity index (χ3v) is 3.82. The number of nitrogens with zero attached hydrogens (tertiary/aromatic N) is 1. The molecule has 3 N–H and O–H groups in total. The summed E-state index contributed by atoms with van der Waals surface area (Å²) in [6.45, 7) is 4.23. The number of rotatable bonds is 3. The summed E-state index contributed by atoms with van der Waals surface area (Å²) < 4.78 is 6.05. The normalized spacial score (nSPS) is 18.5. The molecule has 1 atom stereocenters. The number of nitrogens with two attached hydrogens (primary N) is 1. The van der Waals surface area contributed by atoms with Crippen LogP contribution in [0.5, 0.6) is 5.75 Å². The Morgan fingerprint density at radius 3 is 2.77 bits per heavy atom. The summed E-state index contributed by atoms with van der Waals surface area (Å²) in [5.74, 6) is 1.66. The van der Waals surface area contributed by atoms with Crippen LogP contribution < -0.4 is 15.8 Å². The van der Waals surface area contributed by atoms with E-state index in [1.807, 2.05) is 36.4 Å². The summed E-state index contributed by atoms with van der Waals surface area (Å²) in [4.78, 5) is 4.81. The number of ether oxygens (including phenoxy) is 1. The van der Waals surface area contributed by atoms with Gasteiger partial charge < -0.3 is 15.8 Å². The third kappa shape index (κ3) is 2.77. The predicted octanol–water partition coefficient (Wildman–Crippen LogP) is 4.14. The van der Waals surface area contributed by atoms with E-state index in [1.165, 1.54) is 5.56 Å². The van der Waals surface area contributed by atoms with Crippen LogP contribution in [0.15, 0.2) is 47.5 Å². The van der Waals surface area contributed by atoms with Crippen LogP contribution >= 0.6 is 0 Å². The maximum atomic E-state index is 6.05. The first-order chi connectivity index (χ1) is 10.7. The summed E-state index contributed by atoms with van der Waals surface area (Å²) >= 11 is 0. The lowest BCUT2D eigenvalue weighted by Crippen LogP contribution is -2.36. The van der Waals surface area contributed by atoms with Gasteiger partial charge in [0.15, 0.2) is 6.10 Å². The average Bonchev–Trinajstić information content (AvgIpc) is 2.54. The molecule has 1 heterocycles. The number of anilines is 2. The lowest BCUT2D eigenvalue weighted by Gasteiger charge is -2.28. The van der Waals surface area contributed by atoms with E-state index in [-0.39, 0.29) is 6.10 Å². The van der Waals surface area contributed by atoms with E-state index in [4.69, 9.17) is 15.5 Å². The molecule has 0 aliphatic carbocycles. The molecule has 2 aromatic carbocycles. The molecule has 0 radical (unpaired) electrons. The van der Waals surface area contributed by atoms with E-state index in [0.29, 0.717) is 5.69 Å². The predicted molar refractivity (Wildman–Crippen MR) is 92.1 cm³/mol. The highest BCUT2D eigenvalue weighted by Crippen LogP contribution is 2.33. The van der Waals surface area contributed by atoms with Crippen molar-refractivity contribution in [2.75, 3.05) is 11.1 Å². The number of fused-ring (bicyclic) bond motifs is 1. The quantitative estimate of drug-likeness (QED) is 0.836. The van der Waals surface area contributed by atoms with Crippen LogP contribution in [0.1, 0.15) is 25.8 Å². The van der Waals surface area contributed by atoms with E-state index in [1.54, 1.807) is 0 Å². The molecular formula is C18H21N3O. The number of hydrogen-bond acceptors (Lipinski definition) is 3.